The normalized spacial score (nSPS) is 26.3. The summed E-state index contributed by atoms with van der Waals surface area (Å²) in [5.41, 5.74) is 1.21. The number of nitrogens with one attached hydrogen (secondary N) is 2. The minimum atomic E-state index is -0.385. The van der Waals surface area contributed by atoms with Crippen molar-refractivity contribution < 1.29 is 9.59 Å². The standard InChI is InChI=1S/C15H21N3O2S/c19-14-12(4-1-2-7-16-14)17-15(20)18-8-3-5-13(18)11-6-9-21-10-11/h6,9-10,12-13H,1-5,7-8H2,(H,16,19)(H,17,20)/t12-,13-/m0/s1. The molecule has 21 heavy (non-hydrogen) atoms. The van der Waals surface area contributed by atoms with Crippen LogP contribution in [0.5, 0.6) is 0 Å². The second-order valence-electron chi connectivity index (χ2n) is 5.70. The van der Waals surface area contributed by atoms with Gasteiger partial charge in [0.2, 0.25) is 5.91 Å². The number of carbonyl (C=O) groups is 2. The fraction of sp³-hybridized carbons (Fsp3) is 0.600. The molecule has 2 fully saturated rings. The summed E-state index contributed by atoms with van der Waals surface area (Å²) in [4.78, 5) is 26.3. The molecule has 2 aliphatic rings. The van der Waals surface area contributed by atoms with Crippen LogP contribution in [0, 0.1) is 0 Å². The Labute approximate surface area is 128 Å². The molecule has 3 rings (SSSR count). The van der Waals surface area contributed by atoms with Crippen molar-refractivity contribution in [2.24, 2.45) is 0 Å². The molecule has 2 N–H and O–H groups in total. The Morgan fingerprint density at radius 3 is 3.05 bits per heavy atom. The Bertz CT molecular complexity index is 503. The summed E-state index contributed by atoms with van der Waals surface area (Å²) >= 11 is 1.66. The van der Waals surface area contributed by atoms with Crippen molar-refractivity contribution in [3.63, 3.8) is 0 Å². The molecule has 0 radical (unpaired) electrons. The molecule has 0 spiro atoms. The topological polar surface area (TPSA) is 61.4 Å². The van der Waals surface area contributed by atoms with Gasteiger partial charge in [-0.25, -0.2) is 4.79 Å². The minimum Gasteiger partial charge on any atom is -0.354 e. The lowest BCUT2D eigenvalue weighted by molar-refractivity contribution is -0.122. The maximum atomic E-state index is 12.5. The third-order valence-corrected chi connectivity index (χ3v) is 4.98. The Morgan fingerprint density at radius 1 is 1.33 bits per heavy atom. The fourth-order valence-electron chi connectivity index (χ4n) is 3.13. The van der Waals surface area contributed by atoms with Gasteiger partial charge >= 0.3 is 6.03 Å². The van der Waals surface area contributed by atoms with E-state index in [-0.39, 0.29) is 24.0 Å². The van der Waals surface area contributed by atoms with Crippen LogP contribution in [0.2, 0.25) is 0 Å². The highest BCUT2D eigenvalue weighted by Crippen LogP contribution is 2.33. The van der Waals surface area contributed by atoms with Gasteiger partial charge < -0.3 is 15.5 Å². The lowest BCUT2D eigenvalue weighted by atomic mass is 10.1. The lowest BCUT2D eigenvalue weighted by Crippen LogP contribution is -2.50. The summed E-state index contributed by atoms with van der Waals surface area (Å²) in [6.07, 6.45) is 4.71. The van der Waals surface area contributed by atoms with Gasteiger partial charge in [0.25, 0.3) is 0 Å². The van der Waals surface area contributed by atoms with Crippen LogP contribution in [0.4, 0.5) is 4.79 Å². The van der Waals surface area contributed by atoms with Crippen LogP contribution >= 0.6 is 11.3 Å². The SMILES string of the molecule is O=C1NCCCC[C@@H]1NC(=O)N1CCC[C@H]1c1ccsc1. The highest BCUT2D eigenvalue weighted by atomic mass is 32.1. The summed E-state index contributed by atoms with van der Waals surface area (Å²) in [5.74, 6) is -0.0490. The molecule has 2 saturated heterocycles. The van der Waals surface area contributed by atoms with Crippen LogP contribution in [0.1, 0.15) is 43.7 Å². The number of carbonyl (C=O) groups excluding carboxylic acids is 2. The molecule has 114 valence electrons. The molecule has 0 bridgehead atoms. The van der Waals surface area contributed by atoms with E-state index in [1.54, 1.807) is 11.3 Å². The lowest BCUT2D eigenvalue weighted by Gasteiger charge is -2.26. The highest BCUT2D eigenvalue weighted by Gasteiger charge is 2.32. The zero-order chi connectivity index (χ0) is 14.7. The largest absolute Gasteiger partial charge is 0.354 e. The van der Waals surface area contributed by atoms with Crippen molar-refractivity contribution in [1.82, 2.24) is 15.5 Å². The number of hydrogen-bond donors (Lipinski definition) is 2. The number of likely N-dealkylation sites (tertiary alicyclic amines) is 1. The highest BCUT2D eigenvalue weighted by molar-refractivity contribution is 7.07. The Hall–Kier alpha value is -1.56. The number of urea groups is 1. The molecule has 3 heterocycles. The Balaban J connectivity index is 1.65. The molecular formula is C15H21N3O2S. The Kier molecular flexibility index (Phi) is 4.43. The van der Waals surface area contributed by atoms with E-state index in [4.69, 9.17) is 0 Å². The fourth-order valence-corrected chi connectivity index (χ4v) is 3.84. The molecule has 0 aliphatic carbocycles. The molecular weight excluding hydrogens is 286 g/mol. The summed E-state index contributed by atoms with van der Waals surface area (Å²) in [5, 5.41) is 9.93. The van der Waals surface area contributed by atoms with Crippen molar-refractivity contribution in [3.8, 4) is 0 Å². The van der Waals surface area contributed by atoms with Crippen molar-refractivity contribution in [1.29, 1.82) is 0 Å². The first-order valence-corrected chi connectivity index (χ1v) is 8.57. The molecule has 0 saturated carbocycles. The molecule has 0 aromatic carbocycles. The van der Waals surface area contributed by atoms with Crippen LogP contribution in [-0.4, -0.2) is 36.0 Å². The first kappa shape index (κ1) is 14.4. The van der Waals surface area contributed by atoms with Crippen LogP contribution in [0.15, 0.2) is 16.8 Å². The van der Waals surface area contributed by atoms with E-state index >= 15 is 0 Å². The number of hydrogen-bond acceptors (Lipinski definition) is 3. The molecule has 5 nitrogen and oxygen atoms in total. The number of amides is 3. The minimum absolute atomic E-state index is 0.0490. The Morgan fingerprint density at radius 2 is 2.24 bits per heavy atom. The molecule has 1 aromatic heterocycles. The maximum absolute atomic E-state index is 12.5. The van der Waals surface area contributed by atoms with Gasteiger partial charge in [-0.2, -0.15) is 11.3 Å². The van der Waals surface area contributed by atoms with Crippen LogP contribution in [0.3, 0.4) is 0 Å². The quantitative estimate of drug-likeness (QED) is 0.880. The monoisotopic (exact) mass is 307 g/mol. The van der Waals surface area contributed by atoms with E-state index < -0.39 is 0 Å². The zero-order valence-electron chi connectivity index (χ0n) is 12.0. The molecule has 0 unspecified atom stereocenters. The van der Waals surface area contributed by atoms with Gasteiger partial charge in [-0.1, -0.05) is 0 Å². The van der Waals surface area contributed by atoms with Gasteiger partial charge in [0.15, 0.2) is 0 Å². The maximum Gasteiger partial charge on any atom is 0.318 e. The second kappa shape index (κ2) is 6.47. The van der Waals surface area contributed by atoms with Crippen LogP contribution in [-0.2, 0) is 4.79 Å². The first-order chi connectivity index (χ1) is 10.3. The van der Waals surface area contributed by atoms with Crippen LogP contribution in [0.25, 0.3) is 0 Å². The summed E-state index contributed by atoms with van der Waals surface area (Å²) in [7, 11) is 0. The third-order valence-electron chi connectivity index (χ3n) is 4.27. The average Bonchev–Trinajstić information content (AvgIpc) is 3.12. The van der Waals surface area contributed by atoms with E-state index in [0.717, 1.165) is 38.6 Å². The van der Waals surface area contributed by atoms with Gasteiger partial charge in [0, 0.05) is 13.1 Å². The molecule has 2 aliphatic heterocycles. The van der Waals surface area contributed by atoms with Crippen molar-refractivity contribution >= 4 is 23.3 Å². The van der Waals surface area contributed by atoms with E-state index in [1.165, 1.54) is 5.56 Å². The van der Waals surface area contributed by atoms with Gasteiger partial charge in [-0.3, -0.25) is 4.79 Å². The van der Waals surface area contributed by atoms with Crippen molar-refractivity contribution in [3.05, 3.63) is 22.4 Å². The second-order valence-corrected chi connectivity index (χ2v) is 6.48. The molecule has 1 aromatic rings. The zero-order valence-corrected chi connectivity index (χ0v) is 12.8. The van der Waals surface area contributed by atoms with E-state index in [1.807, 2.05) is 10.3 Å². The van der Waals surface area contributed by atoms with Gasteiger partial charge in [-0.15, -0.1) is 0 Å². The van der Waals surface area contributed by atoms with Gasteiger partial charge in [0.1, 0.15) is 6.04 Å². The predicted octanol–water partition coefficient (Wildman–Crippen LogP) is 2.26. The van der Waals surface area contributed by atoms with Gasteiger partial charge in [0.05, 0.1) is 6.04 Å². The van der Waals surface area contributed by atoms with Crippen LogP contribution < -0.4 is 10.6 Å². The summed E-state index contributed by atoms with van der Waals surface area (Å²) in [6, 6.07) is 1.75. The van der Waals surface area contributed by atoms with E-state index in [9.17, 15) is 9.59 Å². The number of rotatable bonds is 2. The molecule has 2 atom stereocenters. The summed E-state index contributed by atoms with van der Waals surface area (Å²) < 4.78 is 0. The number of thiophene rings is 1. The van der Waals surface area contributed by atoms with E-state index in [2.05, 4.69) is 22.1 Å². The first-order valence-electron chi connectivity index (χ1n) is 7.62. The smallest absolute Gasteiger partial charge is 0.318 e. The molecule has 3 amide bonds. The van der Waals surface area contributed by atoms with Gasteiger partial charge in [-0.05, 0) is 54.5 Å². The average molecular weight is 307 g/mol. The molecule has 6 heteroatoms. The summed E-state index contributed by atoms with van der Waals surface area (Å²) in [6.45, 7) is 1.48. The van der Waals surface area contributed by atoms with Crippen molar-refractivity contribution in [2.45, 2.75) is 44.2 Å². The predicted molar refractivity (Wildman–Crippen MR) is 82.2 cm³/mol. The van der Waals surface area contributed by atoms with Crippen molar-refractivity contribution in [2.75, 3.05) is 13.1 Å². The number of nitrogens with zero attached hydrogens (tertiary/aromatic N) is 1. The third kappa shape index (κ3) is 3.20. The van der Waals surface area contributed by atoms with E-state index in [0.29, 0.717) is 6.54 Å².